The summed E-state index contributed by atoms with van der Waals surface area (Å²) in [5.41, 5.74) is 1.05. The summed E-state index contributed by atoms with van der Waals surface area (Å²) in [6.07, 6.45) is 0. The third kappa shape index (κ3) is 5.52. The van der Waals surface area contributed by atoms with Gasteiger partial charge in [-0.1, -0.05) is 36.4 Å². The average molecular weight is 305 g/mol. The largest absolute Gasteiger partial charge is 2.00 e. The Kier molecular flexibility index (Phi) is 8.21. The van der Waals surface area contributed by atoms with Gasteiger partial charge < -0.3 is 21.7 Å². The van der Waals surface area contributed by atoms with Crippen LogP contribution < -0.4 is 21.7 Å². The molecule has 0 saturated heterocycles. The number of hydrogen-bond acceptors (Lipinski definition) is 1. The molecule has 2 aromatic carbocycles. The second kappa shape index (κ2) is 8.50. The Balaban J connectivity index is 0.00000128. The second-order valence-electron chi connectivity index (χ2n) is 3.15. The Morgan fingerprint density at radius 3 is 2.47 bits per heavy atom. The van der Waals surface area contributed by atoms with Crippen LogP contribution >= 0.6 is 0 Å². The minimum atomic E-state index is -0.309. The van der Waals surface area contributed by atoms with Crippen molar-refractivity contribution in [1.29, 1.82) is 0 Å². The summed E-state index contributed by atoms with van der Waals surface area (Å²) in [6.45, 7) is 0.431. The van der Waals surface area contributed by atoms with Crippen LogP contribution in [0.2, 0.25) is 0 Å². The number of hydrogen-bond donors (Lipinski definition) is 0. The Morgan fingerprint density at radius 1 is 1.12 bits per heavy atom. The molecule has 84 valence electrons. The summed E-state index contributed by atoms with van der Waals surface area (Å²) in [4.78, 5) is 0. The van der Waals surface area contributed by atoms with Crippen LogP contribution in [0, 0.1) is 11.9 Å². The van der Waals surface area contributed by atoms with E-state index in [1.54, 1.807) is 0 Å². The molecule has 0 aliphatic rings. The molecular weight excluding hydrogens is 295 g/mol. The maximum absolute atomic E-state index is 12.8. The molecule has 0 aromatic heterocycles. The molecule has 0 heterocycles. The van der Waals surface area contributed by atoms with Gasteiger partial charge in [-0.15, -0.1) is 12.1 Å². The molecule has 0 bridgehead atoms. The first kappa shape index (κ1) is 16.4. The number of ether oxygens (including phenoxy) is 1. The van der Waals surface area contributed by atoms with Gasteiger partial charge in [0, 0.05) is 11.6 Å². The molecule has 0 amide bonds. The Bertz CT molecular complexity index is 436. The predicted molar refractivity (Wildman–Crippen MR) is 61.8 cm³/mol. The summed E-state index contributed by atoms with van der Waals surface area (Å²) >= 11 is 0. The van der Waals surface area contributed by atoms with Crippen LogP contribution in [0.5, 0.6) is 5.75 Å². The van der Waals surface area contributed by atoms with E-state index in [2.05, 4.69) is 6.07 Å². The van der Waals surface area contributed by atoms with Gasteiger partial charge in [0.1, 0.15) is 6.61 Å². The fraction of sp³-hybridized carbons (Fsp3) is 0.0769. The standard InChI is InChI=1S/C13H10FO.BrH.Mg/c14-12-7-4-8-13(9-12)15-10-11-5-2-1-3-6-11;;/h1-7,9H,10H2;1H;/q-1;;+2/p-1. The molecule has 0 radical (unpaired) electrons. The van der Waals surface area contributed by atoms with Crippen LogP contribution in [0.1, 0.15) is 5.56 Å². The topological polar surface area (TPSA) is 9.23 Å². The summed E-state index contributed by atoms with van der Waals surface area (Å²) in [6, 6.07) is 16.7. The predicted octanol–water partition coefficient (Wildman–Crippen LogP) is -0.172. The molecule has 0 atom stereocenters. The Morgan fingerprint density at radius 2 is 1.82 bits per heavy atom. The molecule has 17 heavy (non-hydrogen) atoms. The van der Waals surface area contributed by atoms with Crippen LogP contribution in [-0.4, -0.2) is 23.1 Å². The first-order valence-electron chi connectivity index (χ1n) is 4.68. The Labute approximate surface area is 127 Å². The van der Waals surface area contributed by atoms with Gasteiger partial charge in [0.05, 0.1) is 0 Å². The van der Waals surface area contributed by atoms with Crippen LogP contribution in [-0.2, 0) is 6.61 Å². The van der Waals surface area contributed by atoms with Crippen molar-refractivity contribution in [1.82, 2.24) is 0 Å². The van der Waals surface area contributed by atoms with Crippen LogP contribution in [0.15, 0.2) is 48.5 Å². The summed E-state index contributed by atoms with van der Waals surface area (Å²) in [5, 5.41) is 0. The number of rotatable bonds is 3. The molecule has 0 aliphatic carbocycles. The van der Waals surface area contributed by atoms with E-state index in [9.17, 15) is 4.39 Å². The maximum Gasteiger partial charge on any atom is 2.00 e. The molecule has 4 heteroatoms. The van der Waals surface area contributed by atoms with E-state index in [-0.39, 0.29) is 45.9 Å². The molecule has 0 unspecified atom stereocenters. The van der Waals surface area contributed by atoms with Gasteiger partial charge >= 0.3 is 23.1 Å². The molecule has 0 spiro atoms. The van der Waals surface area contributed by atoms with Gasteiger partial charge in [0.15, 0.2) is 0 Å². The van der Waals surface area contributed by atoms with Crippen molar-refractivity contribution in [2.45, 2.75) is 6.61 Å². The molecule has 2 aromatic rings. The van der Waals surface area contributed by atoms with E-state index < -0.39 is 0 Å². The van der Waals surface area contributed by atoms with E-state index in [4.69, 9.17) is 4.74 Å². The fourth-order valence-corrected chi connectivity index (χ4v) is 1.24. The van der Waals surface area contributed by atoms with Gasteiger partial charge in [-0.25, -0.2) is 4.39 Å². The normalized spacial score (nSPS) is 8.76. The van der Waals surface area contributed by atoms with E-state index in [1.807, 2.05) is 30.3 Å². The molecule has 0 fully saturated rings. The van der Waals surface area contributed by atoms with Gasteiger partial charge in [-0.3, -0.25) is 0 Å². The Hall–Kier alpha value is -0.584. The smallest absolute Gasteiger partial charge is 1.00 e. The molecule has 2 rings (SSSR count). The fourth-order valence-electron chi connectivity index (χ4n) is 1.24. The summed E-state index contributed by atoms with van der Waals surface area (Å²) in [5.74, 6) is 0.121. The van der Waals surface area contributed by atoms with E-state index in [0.717, 1.165) is 5.56 Å². The molecular formula is C13H10BrFMgO. The van der Waals surface area contributed by atoms with Crippen LogP contribution in [0.25, 0.3) is 0 Å². The van der Waals surface area contributed by atoms with E-state index in [0.29, 0.717) is 12.4 Å². The van der Waals surface area contributed by atoms with Gasteiger partial charge in [-0.05, 0) is 5.56 Å². The van der Waals surface area contributed by atoms with Crippen molar-refractivity contribution in [2.75, 3.05) is 0 Å². The average Bonchev–Trinajstić information content (AvgIpc) is 2.28. The zero-order chi connectivity index (χ0) is 10.5. The van der Waals surface area contributed by atoms with Gasteiger partial charge in [0.2, 0.25) is 0 Å². The third-order valence-corrected chi connectivity index (χ3v) is 1.97. The van der Waals surface area contributed by atoms with Crippen molar-refractivity contribution in [3.05, 3.63) is 66.0 Å². The number of halogens is 2. The molecule has 0 saturated carbocycles. The maximum atomic E-state index is 12.8. The summed E-state index contributed by atoms with van der Waals surface area (Å²) < 4.78 is 18.2. The first-order chi connectivity index (χ1) is 7.34. The van der Waals surface area contributed by atoms with Gasteiger partial charge in [0.25, 0.3) is 0 Å². The minimum absolute atomic E-state index is 0. The third-order valence-electron chi connectivity index (χ3n) is 1.97. The van der Waals surface area contributed by atoms with Crippen molar-refractivity contribution in [3.8, 4) is 5.75 Å². The van der Waals surface area contributed by atoms with Crippen LogP contribution in [0.4, 0.5) is 4.39 Å². The monoisotopic (exact) mass is 304 g/mol. The van der Waals surface area contributed by atoms with Crippen molar-refractivity contribution < 1.29 is 26.1 Å². The quantitative estimate of drug-likeness (QED) is 0.565. The first-order valence-corrected chi connectivity index (χ1v) is 4.68. The summed E-state index contributed by atoms with van der Waals surface area (Å²) in [7, 11) is 0. The zero-order valence-corrected chi connectivity index (χ0v) is 12.2. The molecule has 0 N–H and O–H groups in total. The van der Waals surface area contributed by atoms with Crippen LogP contribution in [0.3, 0.4) is 0 Å². The SMILES string of the molecule is Fc1cc[c-]c(OCc2ccccc2)c1.[Br-].[Mg+2]. The molecule has 0 aliphatic heterocycles. The van der Waals surface area contributed by atoms with Crippen molar-refractivity contribution in [3.63, 3.8) is 0 Å². The second-order valence-corrected chi connectivity index (χ2v) is 3.15. The van der Waals surface area contributed by atoms with E-state index >= 15 is 0 Å². The zero-order valence-electron chi connectivity index (χ0n) is 9.20. The van der Waals surface area contributed by atoms with E-state index in [1.165, 1.54) is 18.2 Å². The van der Waals surface area contributed by atoms with Crippen molar-refractivity contribution >= 4 is 23.1 Å². The minimum Gasteiger partial charge on any atom is -1.00 e. The van der Waals surface area contributed by atoms with Gasteiger partial charge in [-0.2, -0.15) is 6.07 Å². The van der Waals surface area contributed by atoms with Crippen molar-refractivity contribution in [2.24, 2.45) is 0 Å². The number of benzene rings is 2. The molecule has 1 nitrogen and oxygen atoms in total.